The van der Waals surface area contributed by atoms with Crippen molar-refractivity contribution in [2.24, 2.45) is 0 Å². The highest BCUT2D eigenvalue weighted by atomic mass is 35.5. The van der Waals surface area contributed by atoms with Crippen molar-refractivity contribution < 1.29 is 4.74 Å². The second-order valence-electron chi connectivity index (χ2n) is 3.57. The van der Waals surface area contributed by atoms with Crippen molar-refractivity contribution in [3.63, 3.8) is 0 Å². The fourth-order valence-corrected chi connectivity index (χ4v) is 1.67. The molecule has 1 fully saturated rings. The number of halogens is 1. The molecule has 2 rings (SSSR count). The summed E-state index contributed by atoms with van der Waals surface area (Å²) < 4.78 is 5.52. The summed E-state index contributed by atoms with van der Waals surface area (Å²) in [5, 5.41) is 12.2. The van der Waals surface area contributed by atoms with Crippen LogP contribution in [0.25, 0.3) is 0 Å². The van der Waals surface area contributed by atoms with Crippen molar-refractivity contribution in [3.8, 4) is 11.9 Å². The van der Waals surface area contributed by atoms with Crippen LogP contribution in [0.3, 0.4) is 0 Å². The molecule has 0 bridgehead atoms. The van der Waals surface area contributed by atoms with Gasteiger partial charge in [0, 0.05) is 12.2 Å². The molecule has 0 spiro atoms. The van der Waals surface area contributed by atoms with Crippen LogP contribution in [0.1, 0.15) is 18.4 Å². The molecule has 1 aromatic heterocycles. The number of hydrogen-bond acceptors (Lipinski definition) is 4. The minimum atomic E-state index is 0. The van der Waals surface area contributed by atoms with Gasteiger partial charge < -0.3 is 10.1 Å². The number of nitrogens with one attached hydrogen (secondary N) is 1. The smallest absolute Gasteiger partial charge is 0.231 e. The Bertz CT molecular complexity index is 372. The van der Waals surface area contributed by atoms with E-state index in [9.17, 15) is 0 Å². The third-order valence-electron chi connectivity index (χ3n) is 2.48. The molecule has 1 unspecified atom stereocenters. The summed E-state index contributed by atoms with van der Waals surface area (Å²) in [6.45, 7) is 1.65. The van der Waals surface area contributed by atoms with E-state index in [4.69, 9.17) is 10.00 Å². The maximum atomic E-state index is 8.82. The Morgan fingerprint density at radius 1 is 1.62 bits per heavy atom. The Balaban J connectivity index is 0.00000128. The van der Waals surface area contributed by atoms with Gasteiger partial charge in [0.05, 0.1) is 0 Å². The summed E-state index contributed by atoms with van der Waals surface area (Å²) >= 11 is 0. The number of pyridine rings is 1. The number of ether oxygens (including phenoxy) is 1. The largest absolute Gasteiger partial charge is 0.475 e. The summed E-state index contributed by atoms with van der Waals surface area (Å²) in [7, 11) is 0. The van der Waals surface area contributed by atoms with Crippen molar-refractivity contribution in [2.75, 3.05) is 13.2 Å². The van der Waals surface area contributed by atoms with Crippen LogP contribution in [-0.4, -0.2) is 24.2 Å². The molecule has 2 heterocycles. The Morgan fingerprint density at radius 2 is 2.50 bits per heavy atom. The summed E-state index contributed by atoms with van der Waals surface area (Å²) in [4.78, 5) is 4.04. The van der Waals surface area contributed by atoms with Crippen molar-refractivity contribution in [3.05, 3.63) is 23.9 Å². The molecule has 0 saturated carbocycles. The average Bonchev–Trinajstić information content (AvgIpc) is 2.79. The molecular formula is C11H14ClN3O. The molecule has 1 aliphatic rings. The first kappa shape index (κ1) is 12.8. The number of nitrogens with zero attached hydrogens (tertiary/aromatic N) is 2. The first-order valence-electron chi connectivity index (χ1n) is 5.11. The van der Waals surface area contributed by atoms with E-state index in [0.717, 1.165) is 13.0 Å². The van der Waals surface area contributed by atoms with Gasteiger partial charge >= 0.3 is 0 Å². The van der Waals surface area contributed by atoms with Crippen LogP contribution in [0.2, 0.25) is 0 Å². The second kappa shape index (κ2) is 6.31. The molecule has 1 saturated heterocycles. The molecule has 5 heteroatoms. The Morgan fingerprint density at radius 3 is 3.19 bits per heavy atom. The van der Waals surface area contributed by atoms with E-state index in [-0.39, 0.29) is 12.4 Å². The highest BCUT2D eigenvalue weighted by molar-refractivity contribution is 5.85. The van der Waals surface area contributed by atoms with Gasteiger partial charge in [-0.25, -0.2) is 4.98 Å². The molecule has 1 N–H and O–H groups in total. The lowest BCUT2D eigenvalue weighted by Crippen LogP contribution is -2.28. The van der Waals surface area contributed by atoms with E-state index >= 15 is 0 Å². The first-order chi connectivity index (χ1) is 7.40. The molecule has 16 heavy (non-hydrogen) atoms. The molecule has 0 aromatic carbocycles. The standard InChI is InChI=1S/C11H13N3O.ClH/c12-7-9-3-1-6-14-11(9)15-8-10-4-2-5-13-10;/h1,3,6,10,13H,2,4-5,8H2;1H. The molecule has 0 amide bonds. The van der Waals surface area contributed by atoms with E-state index in [1.807, 2.05) is 0 Å². The van der Waals surface area contributed by atoms with Gasteiger partial charge in [-0.15, -0.1) is 12.4 Å². The van der Waals surface area contributed by atoms with Gasteiger partial charge in [0.25, 0.3) is 0 Å². The van der Waals surface area contributed by atoms with Crippen LogP contribution in [0.4, 0.5) is 0 Å². The maximum Gasteiger partial charge on any atom is 0.231 e. The van der Waals surface area contributed by atoms with Gasteiger partial charge in [0.15, 0.2) is 0 Å². The number of rotatable bonds is 3. The zero-order valence-corrected chi connectivity index (χ0v) is 9.67. The van der Waals surface area contributed by atoms with Crippen molar-refractivity contribution in [2.45, 2.75) is 18.9 Å². The zero-order valence-electron chi connectivity index (χ0n) is 8.85. The lowest BCUT2D eigenvalue weighted by molar-refractivity contribution is 0.267. The Labute approximate surface area is 101 Å². The molecule has 1 aliphatic heterocycles. The van der Waals surface area contributed by atoms with Crippen molar-refractivity contribution in [1.82, 2.24) is 10.3 Å². The first-order valence-corrected chi connectivity index (χ1v) is 5.11. The molecule has 1 atom stereocenters. The van der Waals surface area contributed by atoms with Crippen LogP contribution in [0.15, 0.2) is 18.3 Å². The minimum Gasteiger partial charge on any atom is -0.475 e. The normalized spacial score (nSPS) is 18.6. The molecular weight excluding hydrogens is 226 g/mol. The van der Waals surface area contributed by atoms with Gasteiger partial charge in [-0.3, -0.25) is 0 Å². The summed E-state index contributed by atoms with van der Waals surface area (Å²) in [5.41, 5.74) is 0.496. The number of aromatic nitrogens is 1. The summed E-state index contributed by atoms with van der Waals surface area (Å²) in [6.07, 6.45) is 3.97. The van der Waals surface area contributed by atoms with E-state index in [1.54, 1.807) is 18.3 Å². The van der Waals surface area contributed by atoms with E-state index < -0.39 is 0 Å². The average molecular weight is 240 g/mol. The monoisotopic (exact) mass is 239 g/mol. The topological polar surface area (TPSA) is 57.9 Å². The van der Waals surface area contributed by atoms with Crippen LogP contribution in [0.5, 0.6) is 5.88 Å². The molecule has 1 aromatic rings. The molecule has 4 nitrogen and oxygen atoms in total. The lowest BCUT2D eigenvalue weighted by Gasteiger charge is -2.11. The quantitative estimate of drug-likeness (QED) is 0.869. The van der Waals surface area contributed by atoms with Crippen molar-refractivity contribution >= 4 is 12.4 Å². The van der Waals surface area contributed by atoms with Crippen LogP contribution >= 0.6 is 12.4 Å². The predicted octanol–water partition coefficient (Wildman–Crippen LogP) is 1.51. The third-order valence-corrected chi connectivity index (χ3v) is 2.48. The SMILES string of the molecule is Cl.N#Cc1cccnc1OCC1CCCN1. The zero-order chi connectivity index (χ0) is 10.5. The fraction of sp³-hybridized carbons (Fsp3) is 0.455. The Hall–Kier alpha value is -1.31. The van der Waals surface area contributed by atoms with Crippen LogP contribution < -0.4 is 10.1 Å². The van der Waals surface area contributed by atoms with E-state index in [2.05, 4.69) is 16.4 Å². The Kier molecular flexibility index (Phi) is 5.03. The van der Waals surface area contributed by atoms with Gasteiger partial charge in [0.1, 0.15) is 18.2 Å². The van der Waals surface area contributed by atoms with Gasteiger partial charge in [-0.2, -0.15) is 5.26 Å². The second-order valence-corrected chi connectivity index (χ2v) is 3.57. The maximum absolute atomic E-state index is 8.82. The van der Waals surface area contributed by atoms with Gasteiger partial charge in [0.2, 0.25) is 5.88 Å². The number of hydrogen-bond donors (Lipinski definition) is 1. The van der Waals surface area contributed by atoms with E-state index in [1.165, 1.54) is 6.42 Å². The summed E-state index contributed by atoms with van der Waals surface area (Å²) in [5.74, 6) is 0.439. The van der Waals surface area contributed by atoms with Gasteiger partial charge in [-0.1, -0.05) is 0 Å². The fourth-order valence-electron chi connectivity index (χ4n) is 1.67. The van der Waals surface area contributed by atoms with Crippen LogP contribution in [0, 0.1) is 11.3 Å². The highest BCUT2D eigenvalue weighted by Crippen LogP contribution is 2.14. The predicted molar refractivity (Wildman–Crippen MR) is 62.7 cm³/mol. The van der Waals surface area contributed by atoms with Gasteiger partial charge in [-0.05, 0) is 31.5 Å². The number of nitriles is 1. The third kappa shape index (κ3) is 3.09. The molecule has 0 radical (unpaired) electrons. The summed E-state index contributed by atoms with van der Waals surface area (Å²) in [6, 6.07) is 5.91. The lowest BCUT2D eigenvalue weighted by atomic mass is 10.2. The van der Waals surface area contributed by atoms with E-state index in [0.29, 0.717) is 24.1 Å². The van der Waals surface area contributed by atoms with Crippen molar-refractivity contribution in [1.29, 1.82) is 5.26 Å². The minimum absolute atomic E-state index is 0. The molecule has 0 aliphatic carbocycles. The van der Waals surface area contributed by atoms with Crippen LogP contribution in [-0.2, 0) is 0 Å². The highest BCUT2D eigenvalue weighted by Gasteiger charge is 2.15. The molecule has 86 valence electrons.